The molecule has 0 saturated carbocycles. The first-order valence-electron chi connectivity index (χ1n) is 5.36. The second kappa shape index (κ2) is 6.78. The van der Waals surface area contributed by atoms with Crippen LogP contribution in [0.2, 0.25) is 0 Å². The van der Waals surface area contributed by atoms with Crippen molar-refractivity contribution < 1.29 is 9.47 Å². The molecule has 0 aliphatic carbocycles. The van der Waals surface area contributed by atoms with E-state index in [-0.39, 0.29) is 0 Å². The van der Waals surface area contributed by atoms with E-state index in [9.17, 15) is 0 Å². The highest BCUT2D eigenvalue weighted by Gasteiger charge is 2.07. The summed E-state index contributed by atoms with van der Waals surface area (Å²) in [7, 11) is 1.65. The maximum Gasteiger partial charge on any atom is 0.195 e. The minimum Gasteiger partial charge on any atom is -0.382 e. The summed E-state index contributed by atoms with van der Waals surface area (Å²) in [5.41, 5.74) is 0. The highest BCUT2D eigenvalue weighted by molar-refractivity contribution is 7.71. The topological polar surface area (TPSA) is 52.1 Å². The third kappa shape index (κ3) is 4.03. The lowest BCUT2D eigenvalue weighted by Gasteiger charge is -2.09. The van der Waals surface area contributed by atoms with Gasteiger partial charge in [-0.3, -0.25) is 5.10 Å². The molecule has 6 heteroatoms. The quantitative estimate of drug-likeness (QED) is 0.587. The van der Waals surface area contributed by atoms with Gasteiger partial charge in [-0.25, -0.2) is 0 Å². The minimum atomic E-state index is 0.462. The number of aromatic amines is 1. The monoisotopic (exact) mass is 245 g/mol. The van der Waals surface area contributed by atoms with Gasteiger partial charge in [-0.1, -0.05) is 13.8 Å². The molecule has 0 aliphatic rings. The SMILES string of the molecule is COCCOCc1n[nH]c(=S)n1CC(C)C. The highest BCUT2D eigenvalue weighted by Crippen LogP contribution is 2.05. The number of nitrogens with one attached hydrogen (secondary N) is 1. The van der Waals surface area contributed by atoms with Crippen LogP contribution in [0.3, 0.4) is 0 Å². The predicted octanol–water partition coefficient (Wildman–Crippen LogP) is 1.76. The van der Waals surface area contributed by atoms with E-state index in [4.69, 9.17) is 21.7 Å². The van der Waals surface area contributed by atoms with E-state index in [1.54, 1.807) is 7.11 Å². The van der Waals surface area contributed by atoms with Crippen LogP contribution in [0.25, 0.3) is 0 Å². The summed E-state index contributed by atoms with van der Waals surface area (Å²) in [6.07, 6.45) is 0. The van der Waals surface area contributed by atoms with E-state index >= 15 is 0 Å². The summed E-state index contributed by atoms with van der Waals surface area (Å²) >= 11 is 5.16. The van der Waals surface area contributed by atoms with Crippen LogP contribution in [0.4, 0.5) is 0 Å². The van der Waals surface area contributed by atoms with E-state index in [0.717, 1.165) is 12.4 Å². The van der Waals surface area contributed by atoms with Crippen LogP contribution in [0.1, 0.15) is 19.7 Å². The molecular weight excluding hydrogens is 226 g/mol. The molecule has 0 spiro atoms. The highest BCUT2D eigenvalue weighted by atomic mass is 32.1. The van der Waals surface area contributed by atoms with E-state index in [1.165, 1.54) is 0 Å². The standard InChI is InChI=1S/C10H19N3O2S/c1-8(2)6-13-9(11-12-10(13)16)7-15-5-4-14-3/h8H,4-7H2,1-3H3,(H,12,16). The predicted molar refractivity (Wildman–Crippen MR) is 63.8 cm³/mol. The van der Waals surface area contributed by atoms with Gasteiger partial charge in [0.25, 0.3) is 0 Å². The number of rotatable bonds is 7. The van der Waals surface area contributed by atoms with E-state index in [2.05, 4.69) is 24.0 Å². The number of H-pyrrole nitrogens is 1. The third-order valence-corrected chi connectivity index (χ3v) is 2.36. The van der Waals surface area contributed by atoms with Gasteiger partial charge in [-0.15, -0.1) is 0 Å². The maximum atomic E-state index is 5.42. The third-order valence-electron chi connectivity index (χ3n) is 2.05. The summed E-state index contributed by atoms with van der Waals surface area (Å²) in [4.78, 5) is 0. The van der Waals surface area contributed by atoms with Crippen LogP contribution >= 0.6 is 12.2 Å². The van der Waals surface area contributed by atoms with Gasteiger partial charge in [0.1, 0.15) is 6.61 Å². The van der Waals surface area contributed by atoms with Crippen LogP contribution in [-0.2, 0) is 22.6 Å². The molecule has 0 radical (unpaired) electrons. The lowest BCUT2D eigenvalue weighted by molar-refractivity contribution is 0.0569. The number of ether oxygens (including phenoxy) is 2. The largest absolute Gasteiger partial charge is 0.382 e. The van der Waals surface area contributed by atoms with Crippen molar-refractivity contribution in [2.75, 3.05) is 20.3 Å². The van der Waals surface area contributed by atoms with E-state index < -0.39 is 0 Å². The molecule has 0 saturated heterocycles. The molecule has 1 aromatic heterocycles. The molecule has 1 rings (SSSR count). The normalized spacial score (nSPS) is 11.2. The van der Waals surface area contributed by atoms with Gasteiger partial charge in [-0.2, -0.15) is 5.10 Å². The van der Waals surface area contributed by atoms with Crippen molar-refractivity contribution in [2.45, 2.75) is 27.0 Å². The number of nitrogens with zero attached hydrogens (tertiary/aromatic N) is 2. The summed E-state index contributed by atoms with van der Waals surface area (Å²) in [6, 6.07) is 0. The average Bonchev–Trinajstić information content (AvgIpc) is 2.56. The first-order valence-corrected chi connectivity index (χ1v) is 5.76. The van der Waals surface area contributed by atoms with Crippen molar-refractivity contribution in [1.82, 2.24) is 14.8 Å². The Bertz CT molecular complexity index is 359. The lowest BCUT2D eigenvalue weighted by Crippen LogP contribution is -2.11. The first-order chi connectivity index (χ1) is 7.65. The van der Waals surface area contributed by atoms with Crippen LogP contribution < -0.4 is 0 Å². The summed E-state index contributed by atoms with van der Waals surface area (Å²) < 4.78 is 13.0. The van der Waals surface area contributed by atoms with Crippen LogP contribution in [-0.4, -0.2) is 35.1 Å². The van der Waals surface area contributed by atoms with Crippen LogP contribution in [0.15, 0.2) is 0 Å². The fraction of sp³-hybridized carbons (Fsp3) is 0.800. The average molecular weight is 245 g/mol. The lowest BCUT2D eigenvalue weighted by atomic mass is 10.2. The molecule has 0 bridgehead atoms. The molecule has 0 aromatic carbocycles. The van der Waals surface area contributed by atoms with Crippen molar-refractivity contribution >= 4 is 12.2 Å². The Labute approximate surface area is 101 Å². The Kier molecular flexibility index (Phi) is 5.65. The zero-order chi connectivity index (χ0) is 12.0. The summed E-state index contributed by atoms with van der Waals surface area (Å²) in [5, 5.41) is 6.93. The van der Waals surface area contributed by atoms with Gasteiger partial charge in [-0.05, 0) is 18.1 Å². The maximum absolute atomic E-state index is 5.42. The Morgan fingerprint density at radius 3 is 2.81 bits per heavy atom. The van der Waals surface area contributed by atoms with Gasteiger partial charge >= 0.3 is 0 Å². The van der Waals surface area contributed by atoms with Gasteiger partial charge in [0, 0.05) is 13.7 Å². The first kappa shape index (κ1) is 13.3. The molecule has 0 aliphatic heterocycles. The fourth-order valence-electron chi connectivity index (χ4n) is 1.32. The Morgan fingerprint density at radius 1 is 1.44 bits per heavy atom. The number of hydrogen-bond acceptors (Lipinski definition) is 4. The fourth-order valence-corrected chi connectivity index (χ4v) is 1.55. The molecular formula is C10H19N3O2S. The zero-order valence-electron chi connectivity index (χ0n) is 10.0. The summed E-state index contributed by atoms with van der Waals surface area (Å²) in [5.74, 6) is 1.37. The van der Waals surface area contributed by atoms with Gasteiger partial charge in [0.05, 0.1) is 13.2 Å². The van der Waals surface area contributed by atoms with Crippen LogP contribution in [0.5, 0.6) is 0 Å². The molecule has 1 heterocycles. The van der Waals surface area contributed by atoms with Crippen LogP contribution in [0, 0.1) is 10.7 Å². The van der Waals surface area contributed by atoms with Gasteiger partial charge < -0.3 is 14.0 Å². The zero-order valence-corrected chi connectivity index (χ0v) is 10.8. The number of aromatic nitrogens is 3. The molecule has 0 atom stereocenters. The second-order valence-electron chi connectivity index (χ2n) is 3.99. The Morgan fingerprint density at radius 2 is 2.19 bits per heavy atom. The van der Waals surface area contributed by atoms with Gasteiger partial charge in [0.2, 0.25) is 0 Å². The summed E-state index contributed by atoms with van der Waals surface area (Å²) in [6.45, 7) is 6.77. The second-order valence-corrected chi connectivity index (χ2v) is 4.38. The molecule has 5 nitrogen and oxygen atoms in total. The van der Waals surface area contributed by atoms with Crippen molar-refractivity contribution in [3.05, 3.63) is 10.6 Å². The Balaban J connectivity index is 2.55. The smallest absolute Gasteiger partial charge is 0.195 e. The minimum absolute atomic E-state index is 0.462. The molecule has 1 N–H and O–H groups in total. The molecule has 1 aromatic rings. The van der Waals surface area contributed by atoms with Crippen molar-refractivity contribution in [3.63, 3.8) is 0 Å². The number of hydrogen-bond donors (Lipinski definition) is 1. The molecule has 0 fully saturated rings. The number of methoxy groups -OCH3 is 1. The van der Waals surface area contributed by atoms with Gasteiger partial charge in [0.15, 0.2) is 10.6 Å². The Hall–Kier alpha value is -0.720. The molecule has 0 unspecified atom stereocenters. The molecule has 92 valence electrons. The van der Waals surface area contributed by atoms with Crippen molar-refractivity contribution in [2.24, 2.45) is 5.92 Å². The van der Waals surface area contributed by atoms with Crippen molar-refractivity contribution in [3.8, 4) is 0 Å². The van der Waals surface area contributed by atoms with Crippen molar-refractivity contribution in [1.29, 1.82) is 0 Å². The molecule has 0 amide bonds. The van der Waals surface area contributed by atoms with E-state index in [1.807, 2.05) is 4.57 Å². The molecule has 16 heavy (non-hydrogen) atoms. The van der Waals surface area contributed by atoms with E-state index in [0.29, 0.717) is 30.5 Å².